The Labute approximate surface area is 179 Å². The molecule has 128 valence electrons. The van der Waals surface area contributed by atoms with Gasteiger partial charge in [0.25, 0.3) is 0 Å². The summed E-state index contributed by atoms with van der Waals surface area (Å²) in [6.45, 7) is 12.0. The van der Waals surface area contributed by atoms with Gasteiger partial charge in [-0.1, -0.05) is 78.7 Å². The number of benzene rings is 1. The molecule has 0 unspecified atom stereocenters. The zero-order chi connectivity index (χ0) is 18.6. The molecule has 0 bridgehead atoms. The molecule has 0 aromatic heterocycles. The van der Waals surface area contributed by atoms with Crippen molar-refractivity contribution in [1.82, 2.24) is 0 Å². The fraction of sp³-hybridized carbons (Fsp3) is 0.438. The zero-order valence-corrected chi connectivity index (χ0v) is 22.5. The summed E-state index contributed by atoms with van der Waals surface area (Å²) in [5, 5.41) is 2.57. The van der Waals surface area contributed by atoms with E-state index in [0.717, 1.165) is 18.5 Å². The van der Waals surface area contributed by atoms with E-state index in [-0.39, 0.29) is 5.54 Å². The van der Waals surface area contributed by atoms with Gasteiger partial charge in [0.2, 0.25) is 0 Å². The molecule has 0 aliphatic rings. The van der Waals surface area contributed by atoms with E-state index in [0.29, 0.717) is 0 Å². The van der Waals surface area contributed by atoms with Crippen molar-refractivity contribution >= 4 is 69.2 Å². The third kappa shape index (κ3) is 16.6. The number of hydrogen-bond donors (Lipinski definition) is 0. The van der Waals surface area contributed by atoms with Gasteiger partial charge >= 0.3 is 37.9 Å². The predicted octanol–water partition coefficient (Wildman–Crippen LogP) is 8.39. The summed E-state index contributed by atoms with van der Waals surface area (Å²) < 4.78 is 2.27. The third-order valence-corrected chi connectivity index (χ3v) is 3.00. The predicted molar refractivity (Wildman–Crippen MR) is 113 cm³/mol. The van der Waals surface area contributed by atoms with Gasteiger partial charge in [0.15, 0.2) is 0 Å². The molecule has 0 saturated carbocycles. The number of aryl methyl sites for hydroxylation is 1. The maximum absolute atomic E-state index is 6.94. The van der Waals surface area contributed by atoms with Crippen molar-refractivity contribution in [2.75, 3.05) is 0 Å². The maximum atomic E-state index is 6.94. The number of rotatable bonds is 0. The molecule has 2 aromatic carbocycles. The van der Waals surface area contributed by atoms with Gasteiger partial charge < -0.3 is 5.73 Å². The van der Waals surface area contributed by atoms with E-state index in [9.17, 15) is 0 Å². The van der Waals surface area contributed by atoms with E-state index in [4.69, 9.17) is 22.8 Å². The van der Waals surface area contributed by atoms with Crippen molar-refractivity contribution in [2.24, 2.45) is 0 Å². The number of halogens is 4. The Kier molecular flexibility index (Phi) is 16.9. The van der Waals surface area contributed by atoms with Crippen molar-refractivity contribution in [3.63, 3.8) is 0 Å². The Hall–Kier alpha value is 1.43. The van der Waals surface area contributed by atoms with Gasteiger partial charge in [-0.3, -0.25) is 0 Å². The van der Waals surface area contributed by atoms with E-state index in [1.807, 2.05) is 20.8 Å². The number of hydrogen-bond acceptors (Lipinski definition) is 0. The Morgan fingerprint density at radius 1 is 1.13 bits per heavy atom. The Balaban J connectivity index is 0. The second-order valence-corrected chi connectivity index (χ2v) is 12.2. The normalized spacial score (nSPS) is 9.52. The molecule has 0 saturated heterocycles. The van der Waals surface area contributed by atoms with E-state index in [1.165, 1.54) is 16.3 Å². The Bertz CT molecular complexity index is 549. The van der Waals surface area contributed by atoms with Crippen LogP contribution in [-0.4, -0.2) is 15.1 Å². The molecule has 2 aromatic rings. The standard InChI is InChI=1S/C10H7Br2.C4H10N.C2H6Si.2ClH.Zr/c1-6-2-7-4-8(11)5-10(12)9(7)3-6;1-4(2,3)5;1-3-2;;;/h2-5H,1H3;5H,1-3H3;1-2H3;2*1H;/q2*-1;;;;+4/p-2. The van der Waals surface area contributed by atoms with Crippen LogP contribution >= 0.6 is 48.9 Å². The van der Waals surface area contributed by atoms with Crippen molar-refractivity contribution in [2.45, 2.75) is 46.3 Å². The summed E-state index contributed by atoms with van der Waals surface area (Å²) in [7, 11) is 11.0. The Morgan fingerprint density at radius 2 is 1.52 bits per heavy atom. The summed E-state index contributed by atoms with van der Waals surface area (Å²) in [5.74, 6) is 0. The number of nitrogens with one attached hydrogen (secondary N) is 1. The first-order chi connectivity index (χ1) is 10.5. The topological polar surface area (TPSA) is 23.8 Å². The second kappa shape index (κ2) is 14.6. The van der Waals surface area contributed by atoms with Crippen LogP contribution < -0.4 is 0 Å². The van der Waals surface area contributed by atoms with Crippen LogP contribution in [0.3, 0.4) is 0 Å². The SMILES string of the molecule is CC(C)(C)[NH-].C[Si]C.Cc1cc2c(Br)cc(Br)cc2[cH-]1.[Cl][Zr+2][Cl]. The van der Waals surface area contributed by atoms with Crippen molar-refractivity contribution < 1.29 is 20.8 Å². The molecular weight excluding hydrogens is 556 g/mol. The minimum atomic E-state index is -0.826. The van der Waals surface area contributed by atoms with Gasteiger partial charge in [-0.15, -0.1) is 34.0 Å². The van der Waals surface area contributed by atoms with Gasteiger partial charge in [0, 0.05) is 9.52 Å². The summed E-state index contributed by atoms with van der Waals surface area (Å²) in [5.41, 5.74) is 8.00. The molecule has 0 fully saturated rings. The van der Waals surface area contributed by atoms with Gasteiger partial charge in [-0.25, -0.2) is 0 Å². The molecule has 0 atom stereocenters. The average molecular weight is 579 g/mol. The van der Waals surface area contributed by atoms with E-state index < -0.39 is 20.8 Å². The molecule has 7 heteroatoms. The van der Waals surface area contributed by atoms with Crippen LogP contribution in [0, 0.1) is 6.92 Å². The van der Waals surface area contributed by atoms with E-state index in [2.05, 4.69) is 76.1 Å². The monoisotopic (exact) mass is 575 g/mol. The molecule has 0 heterocycles. The molecule has 0 aliphatic carbocycles. The molecule has 23 heavy (non-hydrogen) atoms. The third-order valence-electron chi connectivity index (χ3n) is 1.88. The zero-order valence-electron chi connectivity index (χ0n) is 14.3. The molecule has 2 radical (unpaired) electrons. The molecule has 0 aliphatic heterocycles. The van der Waals surface area contributed by atoms with Crippen LogP contribution in [0.1, 0.15) is 26.3 Å². The fourth-order valence-electron chi connectivity index (χ4n) is 1.39. The van der Waals surface area contributed by atoms with Crippen LogP contribution in [0.25, 0.3) is 16.5 Å². The first kappa shape index (κ1) is 26.7. The molecule has 0 amide bonds. The summed E-state index contributed by atoms with van der Waals surface area (Å²) in [6.07, 6.45) is 0. The molecule has 1 nitrogen and oxygen atoms in total. The van der Waals surface area contributed by atoms with E-state index in [1.54, 1.807) is 0 Å². The van der Waals surface area contributed by atoms with Gasteiger partial charge in [0.1, 0.15) is 0 Å². The van der Waals surface area contributed by atoms with E-state index >= 15 is 0 Å². The van der Waals surface area contributed by atoms with Gasteiger partial charge in [0.05, 0.1) is 0 Å². The van der Waals surface area contributed by atoms with Crippen LogP contribution in [-0.2, 0) is 20.8 Å². The summed E-state index contributed by atoms with van der Waals surface area (Å²) in [6, 6.07) is 8.57. The molecule has 0 spiro atoms. The minimum absolute atomic E-state index is 0.250. The van der Waals surface area contributed by atoms with Crippen LogP contribution in [0.5, 0.6) is 0 Å². The average Bonchev–Trinajstić information content (AvgIpc) is 2.69. The first-order valence-electron chi connectivity index (χ1n) is 6.82. The van der Waals surface area contributed by atoms with Gasteiger partial charge in [-0.05, 0) is 8.95 Å². The van der Waals surface area contributed by atoms with Crippen molar-refractivity contribution in [1.29, 1.82) is 0 Å². The number of fused-ring (bicyclic) bond motifs is 1. The Morgan fingerprint density at radius 3 is 1.91 bits per heavy atom. The van der Waals surface area contributed by atoms with Gasteiger partial charge in [-0.2, -0.15) is 6.07 Å². The molecule has 2 rings (SSSR count). The fourth-order valence-corrected chi connectivity index (χ4v) is 2.76. The van der Waals surface area contributed by atoms with Crippen molar-refractivity contribution in [3.05, 3.63) is 44.5 Å². The van der Waals surface area contributed by atoms with Crippen LogP contribution in [0.15, 0.2) is 33.2 Å². The van der Waals surface area contributed by atoms with Crippen LogP contribution in [0.4, 0.5) is 0 Å². The first-order valence-corrected chi connectivity index (χ1v) is 16.7. The second-order valence-electron chi connectivity index (χ2n) is 5.74. The van der Waals surface area contributed by atoms with Crippen LogP contribution in [0.2, 0.25) is 13.1 Å². The molecule has 1 N–H and O–H groups in total. The quantitative estimate of drug-likeness (QED) is 0.221. The molecular formula is C16H23Br2Cl2NSiZr. The summed E-state index contributed by atoms with van der Waals surface area (Å²) in [4.78, 5) is 0. The summed E-state index contributed by atoms with van der Waals surface area (Å²) >= 11 is 6.17. The van der Waals surface area contributed by atoms with Crippen molar-refractivity contribution in [3.8, 4) is 0 Å².